The second-order valence-corrected chi connectivity index (χ2v) is 5.55. The van der Waals surface area contributed by atoms with Crippen molar-refractivity contribution in [3.05, 3.63) is 62.8 Å². The van der Waals surface area contributed by atoms with Crippen molar-refractivity contribution in [3.63, 3.8) is 0 Å². The Morgan fingerprint density at radius 2 is 1.96 bits per heavy atom. The molecule has 2 rings (SSSR count). The van der Waals surface area contributed by atoms with Crippen molar-refractivity contribution < 1.29 is 9.53 Å². The van der Waals surface area contributed by atoms with Crippen LogP contribution in [0.5, 0.6) is 0 Å². The van der Waals surface area contributed by atoms with Gasteiger partial charge in [-0.25, -0.2) is 9.78 Å². The molecule has 0 spiro atoms. The third kappa shape index (κ3) is 4.28. The Labute approximate surface area is 135 Å². The Kier molecular flexibility index (Phi) is 5.68. The van der Waals surface area contributed by atoms with Gasteiger partial charge in [-0.05, 0) is 31.0 Å². The topological polar surface area (TPSA) is 72.0 Å². The van der Waals surface area contributed by atoms with Crippen LogP contribution in [0.25, 0.3) is 0 Å². The van der Waals surface area contributed by atoms with E-state index in [0.717, 1.165) is 36.3 Å². The summed E-state index contributed by atoms with van der Waals surface area (Å²) in [5, 5.41) is 0. The monoisotopic (exact) mass is 314 g/mol. The van der Waals surface area contributed by atoms with E-state index in [0.29, 0.717) is 17.5 Å². The van der Waals surface area contributed by atoms with E-state index in [1.807, 2.05) is 19.1 Å². The number of hydrogen-bond donors (Lipinski definition) is 1. The molecular formula is C18H22N2O3. The van der Waals surface area contributed by atoms with Gasteiger partial charge < -0.3 is 9.72 Å². The van der Waals surface area contributed by atoms with Crippen LogP contribution in [0.15, 0.2) is 29.1 Å². The number of methoxy groups -OCH3 is 1. The smallest absolute Gasteiger partial charge is 0.337 e. The Morgan fingerprint density at radius 1 is 1.26 bits per heavy atom. The van der Waals surface area contributed by atoms with Gasteiger partial charge in [-0.15, -0.1) is 0 Å². The van der Waals surface area contributed by atoms with E-state index in [9.17, 15) is 9.59 Å². The number of carbonyl (C=O) groups is 1. The molecule has 0 atom stereocenters. The zero-order valence-electron chi connectivity index (χ0n) is 13.8. The van der Waals surface area contributed by atoms with Crippen molar-refractivity contribution >= 4 is 5.97 Å². The number of ether oxygens (including phenoxy) is 1. The minimum atomic E-state index is -0.368. The highest BCUT2D eigenvalue weighted by atomic mass is 16.5. The van der Waals surface area contributed by atoms with E-state index in [2.05, 4.69) is 21.6 Å². The van der Waals surface area contributed by atoms with Crippen LogP contribution < -0.4 is 5.56 Å². The summed E-state index contributed by atoms with van der Waals surface area (Å²) in [6, 6.07) is 7.06. The molecule has 1 heterocycles. The highest BCUT2D eigenvalue weighted by Crippen LogP contribution is 2.11. The summed E-state index contributed by atoms with van der Waals surface area (Å²) in [6.07, 6.45) is 3.36. The van der Waals surface area contributed by atoms with Gasteiger partial charge >= 0.3 is 5.97 Å². The van der Waals surface area contributed by atoms with E-state index in [1.54, 1.807) is 12.1 Å². The first-order chi connectivity index (χ1) is 11.0. The Bertz CT molecular complexity index is 733. The Balaban J connectivity index is 2.19. The predicted molar refractivity (Wildman–Crippen MR) is 88.8 cm³/mol. The standard InChI is InChI=1S/C18H22N2O3/c1-4-5-6-16-19-12(2)15(17(21)20-16)11-13-7-9-14(10-8-13)18(22)23-3/h7-10H,4-6,11H2,1-3H3,(H,19,20,21). The molecule has 5 nitrogen and oxygen atoms in total. The molecule has 0 radical (unpaired) electrons. The molecule has 0 fully saturated rings. The van der Waals surface area contributed by atoms with E-state index in [4.69, 9.17) is 0 Å². The average molecular weight is 314 g/mol. The van der Waals surface area contributed by atoms with Crippen LogP contribution in [-0.2, 0) is 17.6 Å². The maximum Gasteiger partial charge on any atom is 0.337 e. The van der Waals surface area contributed by atoms with Crippen LogP contribution in [-0.4, -0.2) is 23.0 Å². The molecule has 1 aromatic heterocycles. The fourth-order valence-corrected chi connectivity index (χ4v) is 2.42. The molecule has 2 aromatic rings. The van der Waals surface area contributed by atoms with E-state index in [1.165, 1.54) is 7.11 Å². The highest BCUT2D eigenvalue weighted by Gasteiger charge is 2.10. The first kappa shape index (κ1) is 16.9. The molecule has 0 bridgehead atoms. The summed E-state index contributed by atoms with van der Waals surface area (Å²) in [5.74, 6) is 0.381. The van der Waals surface area contributed by atoms with Crippen LogP contribution in [0.3, 0.4) is 0 Å². The lowest BCUT2D eigenvalue weighted by Crippen LogP contribution is -2.19. The molecule has 23 heavy (non-hydrogen) atoms. The van der Waals surface area contributed by atoms with Gasteiger partial charge in [-0.1, -0.05) is 25.5 Å². The number of rotatable bonds is 6. The van der Waals surface area contributed by atoms with Crippen LogP contribution in [0.2, 0.25) is 0 Å². The van der Waals surface area contributed by atoms with Crippen LogP contribution in [0.4, 0.5) is 0 Å². The highest BCUT2D eigenvalue weighted by molar-refractivity contribution is 5.89. The predicted octanol–water partition coefficient (Wildman–Crippen LogP) is 2.80. The first-order valence-corrected chi connectivity index (χ1v) is 7.81. The van der Waals surface area contributed by atoms with E-state index >= 15 is 0 Å². The summed E-state index contributed by atoms with van der Waals surface area (Å²) < 4.78 is 4.67. The fraction of sp³-hybridized carbons (Fsp3) is 0.389. The first-order valence-electron chi connectivity index (χ1n) is 7.81. The number of hydrogen-bond acceptors (Lipinski definition) is 4. The number of H-pyrrole nitrogens is 1. The average Bonchev–Trinajstić information content (AvgIpc) is 2.56. The number of carbonyl (C=O) groups excluding carboxylic acids is 1. The summed E-state index contributed by atoms with van der Waals surface area (Å²) in [7, 11) is 1.35. The number of nitrogens with one attached hydrogen (secondary N) is 1. The third-order valence-corrected chi connectivity index (χ3v) is 3.79. The summed E-state index contributed by atoms with van der Waals surface area (Å²) in [5.41, 5.74) is 2.79. The molecule has 0 unspecified atom stereocenters. The Morgan fingerprint density at radius 3 is 2.52 bits per heavy atom. The molecule has 1 N–H and O–H groups in total. The van der Waals surface area contributed by atoms with E-state index in [-0.39, 0.29) is 11.5 Å². The quantitative estimate of drug-likeness (QED) is 0.832. The number of esters is 1. The number of aromatic amines is 1. The normalized spacial score (nSPS) is 10.6. The number of nitrogens with zero attached hydrogens (tertiary/aromatic N) is 1. The van der Waals surface area contributed by atoms with Crippen molar-refractivity contribution in [3.8, 4) is 0 Å². The number of benzene rings is 1. The molecular weight excluding hydrogens is 292 g/mol. The van der Waals surface area contributed by atoms with Crippen LogP contribution >= 0.6 is 0 Å². The molecule has 1 aromatic carbocycles. The van der Waals surface area contributed by atoms with Gasteiger partial charge in [0, 0.05) is 24.1 Å². The summed E-state index contributed by atoms with van der Waals surface area (Å²) in [4.78, 5) is 31.1. The maximum absolute atomic E-state index is 12.3. The zero-order valence-corrected chi connectivity index (χ0v) is 13.8. The van der Waals surface area contributed by atoms with Gasteiger partial charge in [0.1, 0.15) is 5.82 Å². The van der Waals surface area contributed by atoms with Gasteiger partial charge in [0.05, 0.1) is 12.7 Å². The van der Waals surface area contributed by atoms with Crippen LogP contribution in [0.1, 0.15) is 52.8 Å². The molecule has 122 valence electrons. The molecule has 0 aliphatic heterocycles. The number of aryl methyl sites for hydroxylation is 2. The lowest BCUT2D eigenvalue weighted by Gasteiger charge is -2.08. The van der Waals surface area contributed by atoms with Crippen molar-refractivity contribution in [2.75, 3.05) is 7.11 Å². The third-order valence-electron chi connectivity index (χ3n) is 3.79. The summed E-state index contributed by atoms with van der Waals surface area (Å²) in [6.45, 7) is 3.97. The minimum absolute atomic E-state index is 0.0827. The second-order valence-electron chi connectivity index (χ2n) is 5.55. The Hall–Kier alpha value is -2.43. The van der Waals surface area contributed by atoms with Crippen molar-refractivity contribution in [2.24, 2.45) is 0 Å². The fourth-order valence-electron chi connectivity index (χ4n) is 2.42. The van der Waals surface area contributed by atoms with Gasteiger partial charge in [-0.3, -0.25) is 4.79 Å². The van der Waals surface area contributed by atoms with Gasteiger partial charge in [-0.2, -0.15) is 0 Å². The number of aromatic nitrogens is 2. The molecule has 0 aliphatic carbocycles. The second kappa shape index (κ2) is 7.72. The minimum Gasteiger partial charge on any atom is -0.465 e. The molecule has 0 amide bonds. The SMILES string of the molecule is CCCCc1nc(C)c(Cc2ccc(C(=O)OC)cc2)c(=O)[nH]1. The largest absolute Gasteiger partial charge is 0.465 e. The van der Waals surface area contributed by atoms with Crippen LogP contribution in [0, 0.1) is 6.92 Å². The van der Waals surface area contributed by atoms with Crippen molar-refractivity contribution in [1.82, 2.24) is 9.97 Å². The van der Waals surface area contributed by atoms with Crippen molar-refractivity contribution in [2.45, 2.75) is 39.5 Å². The molecule has 0 saturated heterocycles. The van der Waals surface area contributed by atoms with Gasteiger partial charge in [0.25, 0.3) is 5.56 Å². The van der Waals surface area contributed by atoms with Gasteiger partial charge in [0.2, 0.25) is 0 Å². The van der Waals surface area contributed by atoms with Crippen molar-refractivity contribution in [1.29, 1.82) is 0 Å². The van der Waals surface area contributed by atoms with E-state index < -0.39 is 0 Å². The van der Waals surface area contributed by atoms with Gasteiger partial charge in [0.15, 0.2) is 0 Å². The summed E-state index contributed by atoms with van der Waals surface area (Å²) >= 11 is 0. The zero-order chi connectivity index (χ0) is 16.8. The molecule has 0 aliphatic rings. The lowest BCUT2D eigenvalue weighted by atomic mass is 10.0. The number of unbranched alkanes of at least 4 members (excludes halogenated alkanes) is 1. The lowest BCUT2D eigenvalue weighted by molar-refractivity contribution is 0.0600. The molecule has 0 saturated carbocycles. The molecule has 5 heteroatoms. The maximum atomic E-state index is 12.3.